The van der Waals surface area contributed by atoms with Crippen molar-refractivity contribution in [2.75, 3.05) is 20.3 Å². The second-order valence-corrected chi connectivity index (χ2v) is 11.5. The highest BCUT2D eigenvalue weighted by Crippen LogP contribution is 2.51. The number of rotatable bonds is 10. The van der Waals surface area contributed by atoms with E-state index in [0.717, 1.165) is 18.4 Å². The number of fused-ring (bicyclic) bond motifs is 1. The fourth-order valence-electron chi connectivity index (χ4n) is 5.20. The number of aliphatic hydroxyl groups is 2. The fourth-order valence-corrected chi connectivity index (χ4v) is 5.45. The van der Waals surface area contributed by atoms with Crippen LogP contribution in [0.4, 0.5) is 0 Å². The minimum absolute atomic E-state index is 0.00932. The van der Waals surface area contributed by atoms with Gasteiger partial charge in [0.2, 0.25) is 5.91 Å². The summed E-state index contributed by atoms with van der Waals surface area (Å²) in [6.07, 6.45) is 0.695. The van der Waals surface area contributed by atoms with Crippen molar-refractivity contribution in [3.05, 3.63) is 105 Å². The Morgan fingerprint density at radius 2 is 1.68 bits per heavy atom. The number of hydrogen-bond acceptors (Lipinski definition) is 5. The van der Waals surface area contributed by atoms with E-state index in [4.69, 9.17) is 27.9 Å². The number of benzene rings is 3. The molecule has 0 saturated heterocycles. The second kappa shape index (κ2) is 11.1. The summed E-state index contributed by atoms with van der Waals surface area (Å²) in [5.41, 5.74) is 1.29. The molecule has 40 heavy (non-hydrogen) atoms. The van der Waals surface area contributed by atoms with Gasteiger partial charge in [0.05, 0.1) is 13.2 Å². The topological polar surface area (TPSA) is 90.3 Å². The van der Waals surface area contributed by atoms with Crippen LogP contribution in [-0.4, -0.2) is 52.1 Å². The first-order valence-electron chi connectivity index (χ1n) is 13.3. The lowest BCUT2D eigenvalue weighted by Crippen LogP contribution is -2.47. The zero-order chi connectivity index (χ0) is 28.7. The molecule has 0 aromatic heterocycles. The third kappa shape index (κ3) is 5.13. The smallest absolute Gasteiger partial charge is 0.257 e. The summed E-state index contributed by atoms with van der Waals surface area (Å²) in [7, 11) is 1.53. The third-order valence-electron chi connectivity index (χ3n) is 7.99. The van der Waals surface area contributed by atoms with E-state index in [1.54, 1.807) is 54.3 Å². The lowest BCUT2D eigenvalue weighted by atomic mass is 9.91. The predicted octanol–water partition coefficient (Wildman–Crippen LogP) is 5.50. The van der Waals surface area contributed by atoms with Crippen LogP contribution in [0.5, 0.6) is 0 Å². The molecule has 0 spiro atoms. The molecule has 9 heteroatoms. The molecule has 3 aromatic carbocycles. The van der Waals surface area contributed by atoms with E-state index in [2.05, 4.69) is 0 Å². The molecule has 0 radical (unpaired) electrons. The molecular weight excluding hydrogens is 551 g/mol. The number of aliphatic hydroxyl groups excluding tert-OH is 2. The van der Waals surface area contributed by atoms with Crippen LogP contribution >= 0.6 is 23.2 Å². The number of carbonyl (C=O) groups excluding carboxylic acids is 2. The molecule has 1 heterocycles. The van der Waals surface area contributed by atoms with Crippen LogP contribution in [0.25, 0.3) is 0 Å². The van der Waals surface area contributed by atoms with Crippen LogP contribution in [0.3, 0.4) is 0 Å². The Bertz CT molecular complexity index is 1410. The van der Waals surface area contributed by atoms with Gasteiger partial charge in [0.25, 0.3) is 5.91 Å². The van der Waals surface area contributed by atoms with E-state index < -0.39 is 12.0 Å². The molecule has 1 saturated carbocycles. The standard InChI is InChI=1S/C31H32Cl2N2O5/c1-3-27(37)34(2)28(38)21-6-13-26-25(16-21)29(39)35(17-20-4-9-23(32)10-5-20)31(26,22-7-11-24(33)12-8-22)40-19-30(18-36)14-15-30/h4-13,16,28,36,38H,3,14-15,17-19H2,1-2H3/t28?,31-/m1/s1. The van der Waals surface area contributed by atoms with Crippen molar-refractivity contribution in [2.45, 2.75) is 44.7 Å². The molecule has 2 atom stereocenters. The second-order valence-electron chi connectivity index (χ2n) is 10.7. The van der Waals surface area contributed by atoms with Crippen molar-refractivity contribution in [1.29, 1.82) is 0 Å². The fraction of sp³-hybridized carbons (Fsp3) is 0.355. The lowest BCUT2D eigenvalue weighted by Gasteiger charge is -2.40. The molecule has 5 rings (SSSR count). The minimum Gasteiger partial charge on any atom is -0.396 e. The van der Waals surface area contributed by atoms with Crippen LogP contribution in [0.1, 0.15) is 65.0 Å². The van der Waals surface area contributed by atoms with Gasteiger partial charge in [-0.25, -0.2) is 0 Å². The van der Waals surface area contributed by atoms with Gasteiger partial charge in [-0.3, -0.25) is 14.5 Å². The van der Waals surface area contributed by atoms with E-state index in [-0.39, 0.29) is 43.4 Å². The van der Waals surface area contributed by atoms with Crippen LogP contribution < -0.4 is 0 Å². The van der Waals surface area contributed by atoms with E-state index in [0.29, 0.717) is 32.3 Å². The van der Waals surface area contributed by atoms with Crippen molar-refractivity contribution >= 4 is 35.0 Å². The Labute approximate surface area is 243 Å². The van der Waals surface area contributed by atoms with Crippen molar-refractivity contribution in [1.82, 2.24) is 9.80 Å². The number of amides is 2. The molecule has 1 unspecified atom stereocenters. The highest BCUT2D eigenvalue weighted by Gasteiger charge is 2.54. The van der Waals surface area contributed by atoms with E-state index in [1.807, 2.05) is 24.3 Å². The molecule has 0 bridgehead atoms. The van der Waals surface area contributed by atoms with Gasteiger partial charge in [-0.2, -0.15) is 0 Å². The molecule has 7 nitrogen and oxygen atoms in total. The van der Waals surface area contributed by atoms with Gasteiger partial charge in [-0.05, 0) is 48.7 Å². The summed E-state index contributed by atoms with van der Waals surface area (Å²) >= 11 is 12.4. The highest BCUT2D eigenvalue weighted by molar-refractivity contribution is 6.30. The summed E-state index contributed by atoms with van der Waals surface area (Å²) in [6, 6.07) is 19.6. The predicted molar refractivity (Wildman–Crippen MR) is 153 cm³/mol. The molecule has 1 aliphatic carbocycles. The average Bonchev–Trinajstić information content (AvgIpc) is 3.73. The van der Waals surface area contributed by atoms with E-state index in [1.165, 1.54) is 11.9 Å². The molecule has 2 N–H and O–H groups in total. The number of carbonyl (C=O) groups is 2. The van der Waals surface area contributed by atoms with Crippen LogP contribution in [-0.2, 0) is 21.8 Å². The zero-order valence-corrected chi connectivity index (χ0v) is 24.0. The molecule has 1 fully saturated rings. The molecule has 210 valence electrons. The third-order valence-corrected chi connectivity index (χ3v) is 8.50. The van der Waals surface area contributed by atoms with Gasteiger partial charge < -0.3 is 19.8 Å². The van der Waals surface area contributed by atoms with E-state index >= 15 is 0 Å². The highest BCUT2D eigenvalue weighted by atomic mass is 35.5. The maximum Gasteiger partial charge on any atom is 0.257 e. The first-order chi connectivity index (χ1) is 19.1. The largest absolute Gasteiger partial charge is 0.396 e. The van der Waals surface area contributed by atoms with E-state index in [9.17, 15) is 19.8 Å². The summed E-state index contributed by atoms with van der Waals surface area (Å²) < 4.78 is 6.79. The lowest BCUT2D eigenvalue weighted by molar-refractivity contribution is -0.139. The Morgan fingerprint density at radius 1 is 1.05 bits per heavy atom. The van der Waals surface area contributed by atoms with Crippen LogP contribution in [0, 0.1) is 5.41 Å². The van der Waals surface area contributed by atoms with Gasteiger partial charge in [0.1, 0.15) is 0 Å². The average molecular weight is 584 g/mol. The quantitative estimate of drug-likeness (QED) is 0.308. The zero-order valence-electron chi connectivity index (χ0n) is 22.4. The van der Waals surface area contributed by atoms with Gasteiger partial charge in [0.15, 0.2) is 12.0 Å². The number of nitrogens with zero attached hydrogens (tertiary/aromatic N) is 2. The van der Waals surface area contributed by atoms with Crippen molar-refractivity contribution in [2.24, 2.45) is 5.41 Å². The van der Waals surface area contributed by atoms with Crippen molar-refractivity contribution in [3.63, 3.8) is 0 Å². The number of halogens is 2. The first-order valence-corrected chi connectivity index (χ1v) is 14.0. The van der Waals surface area contributed by atoms with Crippen molar-refractivity contribution in [3.8, 4) is 0 Å². The molecular formula is C31H32Cl2N2O5. The van der Waals surface area contributed by atoms with Gasteiger partial charge >= 0.3 is 0 Å². The van der Waals surface area contributed by atoms with Crippen LogP contribution in [0.2, 0.25) is 10.0 Å². The Kier molecular flexibility index (Phi) is 7.97. The minimum atomic E-state index is -1.32. The summed E-state index contributed by atoms with van der Waals surface area (Å²) in [5, 5.41) is 22.1. The molecule has 2 amide bonds. The Balaban J connectivity index is 1.66. The monoisotopic (exact) mass is 582 g/mol. The summed E-state index contributed by atoms with van der Waals surface area (Å²) in [4.78, 5) is 29.4. The van der Waals surface area contributed by atoms with Gasteiger partial charge in [-0.1, -0.05) is 66.5 Å². The Morgan fingerprint density at radius 3 is 2.25 bits per heavy atom. The Hall–Kier alpha value is -2.94. The molecule has 2 aliphatic rings. The molecule has 1 aliphatic heterocycles. The van der Waals surface area contributed by atoms with Crippen molar-refractivity contribution < 1.29 is 24.5 Å². The normalized spacial score (nSPS) is 19.9. The van der Waals surface area contributed by atoms with Gasteiger partial charge in [-0.15, -0.1) is 0 Å². The SMILES string of the molecule is CCC(=O)N(C)C(O)c1ccc2c(c1)C(=O)N(Cc1ccc(Cl)cc1)[C@@]2(OCC1(CO)CC1)c1ccc(Cl)cc1. The first kappa shape index (κ1) is 28.6. The summed E-state index contributed by atoms with van der Waals surface area (Å²) in [5.74, 6) is -0.506. The summed E-state index contributed by atoms with van der Waals surface area (Å²) in [6.45, 7) is 2.17. The number of ether oxygens (including phenoxy) is 1. The van der Waals surface area contributed by atoms with Crippen LogP contribution in [0.15, 0.2) is 66.7 Å². The number of hydrogen-bond donors (Lipinski definition) is 2. The maximum absolute atomic E-state index is 14.3. The van der Waals surface area contributed by atoms with Gasteiger partial charge in [0, 0.05) is 57.7 Å². The molecule has 3 aromatic rings. The maximum atomic E-state index is 14.3.